The van der Waals surface area contributed by atoms with Gasteiger partial charge in [0.05, 0.1) is 11.8 Å². The molecule has 112 valence electrons. The summed E-state index contributed by atoms with van der Waals surface area (Å²) < 4.78 is 0.903. The topological polar surface area (TPSA) is 42.0 Å². The molecule has 0 saturated carbocycles. The van der Waals surface area contributed by atoms with E-state index in [4.69, 9.17) is 23.2 Å². The summed E-state index contributed by atoms with van der Waals surface area (Å²) in [5, 5.41) is 6.03. The third-order valence-electron chi connectivity index (χ3n) is 2.73. The van der Waals surface area contributed by atoms with Crippen LogP contribution in [0.3, 0.4) is 0 Å². The van der Waals surface area contributed by atoms with Crippen LogP contribution in [0.25, 0.3) is 0 Å². The van der Waals surface area contributed by atoms with Gasteiger partial charge < -0.3 is 5.32 Å². The predicted octanol–water partition coefficient (Wildman–Crippen LogP) is 4.73. The van der Waals surface area contributed by atoms with Crippen molar-refractivity contribution < 1.29 is 4.79 Å². The summed E-state index contributed by atoms with van der Waals surface area (Å²) in [6.45, 7) is 3.83. The number of nitrogens with zero attached hydrogens (tertiary/aromatic N) is 1. The molecule has 7 heteroatoms. The Kier molecular flexibility index (Phi) is 5.93. The molecule has 1 N–H and O–H groups in total. The Morgan fingerprint density at radius 2 is 2.24 bits per heavy atom. The third-order valence-corrected chi connectivity index (χ3v) is 5.43. The zero-order chi connectivity index (χ0) is 15.4. The van der Waals surface area contributed by atoms with E-state index >= 15 is 0 Å². The van der Waals surface area contributed by atoms with Crippen molar-refractivity contribution >= 4 is 52.2 Å². The Morgan fingerprint density at radius 3 is 2.86 bits per heavy atom. The molecule has 0 aliphatic heterocycles. The molecule has 0 saturated heterocycles. The Balaban J connectivity index is 1.89. The molecule has 0 spiro atoms. The number of benzene rings is 1. The average Bonchev–Trinajstić information content (AvgIpc) is 2.82. The number of aromatic nitrogens is 1. The van der Waals surface area contributed by atoms with Gasteiger partial charge in [0.15, 0.2) is 4.34 Å². The molecule has 3 nitrogen and oxygen atoms in total. The summed E-state index contributed by atoms with van der Waals surface area (Å²) in [5.41, 5.74) is 1.83. The van der Waals surface area contributed by atoms with E-state index in [-0.39, 0.29) is 11.9 Å². The van der Waals surface area contributed by atoms with Crippen molar-refractivity contribution in [3.63, 3.8) is 0 Å². The fourth-order valence-electron chi connectivity index (χ4n) is 1.74. The number of thiazole rings is 1. The molecule has 1 atom stereocenters. The van der Waals surface area contributed by atoms with Crippen LogP contribution in [0, 0.1) is 6.92 Å². The van der Waals surface area contributed by atoms with Gasteiger partial charge in [-0.3, -0.25) is 4.79 Å². The van der Waals surface area contributed by atoms with Crippen molar-refractivity contribution in [1.82, 2.24) is 10.3 Å². The molecule has 0 aliphatic carbocycles. The fourth-order valence-corrected chi connectivity index (χ4v) is 3.97. The highest BCUT2D eigenvalue weighted by Crippen LogP contribution is 2.26. The first-order valence-electron chi connectivity index (χ1n) is 6.25. The highest BCUT2D eigenvalue weighted by Gasteiger charge is 2.13. The van der Waals surface area contributed by atoms with Crippen molar-refractivity contribution in [3.8, 4) is 0 Å². The number of thioether (sulfide) groups is 1. The Labute approximate surface area is 142 Å². The zero-order valence-corrected chi connectivity index (χ0v) is 14.7. The summed E-state index contributed by atoms with van der Waals surface area (Å²) in [7, 11) is 0. The number of amides is 1. The van der Waals surface area contributed by atoms with Crippen molar-refractivity contribution in [2.45, 2.75) is 24.2 Å². The van der Waals surface area contributed by atoms with Gasteiger partial charge >= 0.3 is 0 Å². The molecule has 0 unspecified atom stereocenters. The predicted molar refractivity (Wildman–Crippen MR) is 90.6 cm³/mol. The second-order valence-corrected chi connectivity index (χ2v) is 7.42. The molecule has 0 aliphatic rings. The fraction of sp³-hybridized carbons (Fsp3) is 0.286. The molecule has 0 radical (unpaired) electrons. The smallest absolute Gasteiger partial charge is 0.230 e. The van der Waals surface area contributed by atoms with Gasteiger partial charge in [0, 0.05) is 21.1 Å². The van der Waals surface area contributed by atoms with Crippen LogP contribution < -0.4 is 5.32 Å². The second-order valence-electron chi connectivity index (χ2n) is 4.50. The standard InChI is InChI=1S/C14H14Cl2N2OS2/c1-8-6-20-14(17-8)21-7-13(19)18-9(2)11-4-3-10(15)5-12(11)16/h3-6,9H,7H2,1-2H3,(H,18,19)/t9-/m1/s1. The van der Waals surface area contributed by atoms with E-state index in [1.165, 1.54) is 11.8 Å². The van der Waals surface area contributed by atoms with E-state index in [0.717, 1.165) is 15.6 Å². The minimum Gasteiger partial charge on any atom is -0.349 e. The average molecular weight is 361 g/mol. The molecular weight excluding hydrogens is 347 g/mol. The first kappa shape index (κ1) is 16.6. The molecule has 1 heterocycles. The number of halogens is 2. The van der Waals surface area contributed by atoms with Gasteiger partial charge in [0.2, 0.25) is 5.91 Å². The maximum Gasteiger partial charge on any atom is 0.230 e. The summed E-state index contributed by atoms with van der Waals surface area (Å²) >= 11 is 15.0. The van der Waals surface area contributed by atoms with Gasteiger partial charge in [-0.25, -0.2) is 4.98 Å². The number of aryl methyl sites for hydroxylation is 1. The SMILES string of the molecule is Cc1csc(SCC(=O)N[C@H](C)c2ccc(Cl)cc2Cl)n1. The molecule has 1 aromatic heterocycles. The molecule has 0 fully saturated rings. The van der Waals surface area contributed by atoms with Crippen molar-refractivity contribution in [2.24, 2.45) is 0 Å². The van der Waals surface area contributed by atoms with E-state index in [0.29, 0.717) is 15.8 Å². The number of carbonyl (C=O) groups excluding carboxylic acids is 1. The van der Waals surface area contributed by atoms with Gasteiger partial charge in [-0.1, -0.05) is 41.0 Å². The first-order valence-corrected chi connectivity index (χ1v) is 8.87. The summed E-state index contributed by atoms with van der Waals surface area (Å²) in [6.07, 6.45) is 0. The normalized spacial score (nSPS) is 12.2. The van der Waals surface area contributed by atoms with Crippen LogP contribution in [0.15, 0.2) is 27.9 Å². The highest BCUT2D eigenvalue weighted by molar-refractivity contribution is 8.01. The van der Waals surface area contributed by atoms with E-state index in [2.05, 4.69) is 10.3 Å². The lowest BCUT2D eigenvalue weighted by atomic mass is 10.1. The van der Waals surface area contributed by atoms with Gasteiger partial charge in [-0.05, 0) is 31.5 Å². The third kappa shape index (κ3) is 4.88. The maximum absolute atomic E-state index is 12.0. The second kappa shape index (κ2) is 7.49. The summed E-state index contributed by atoms with van der Waals surface area (Å²) in [4.78, 5) is 16.3. The molecule has 2 aromatic rings. The molecule has 21 heavy (non-hydrogen) atoms. The Hall–Kier alpha value is -0.750. The molecule has 2 rings (SSSR count). The van der Waals surface area contributed by atoms with Crippen LogP contribution in [0.4, 0.5) is 0 Å². The number of hydrogen-bond donors (Lipinski definition) is 1. The van der Waals surface area contributed by atoms with E-state index < -0.39 is 0 Å². The monoisotopic (exact) mass is 360 g/mol. The Morgan fingerprint density at radius 1 is 1.48 bits per heavy atom. The first-order chi connectivity index (χ1) is 9.95. The maximum atomic E-state index is 12.0. The van der Waals surface area contributed by atoms with Crippen LogP contribution in [0.2, 0.25) is 10.0 Å². The minimum absolute atomic E-state index is 0.0497. The highest BCUT2D eigenvalue weighted by atomic mass is 35.5. The zero-order valence-electron chi connectivity index (χ0n) is 11.5. The lowest BCUT2D eigenvalue weighted by Crippen LogP contribution is -2.28. The van der Waals surface area contributed by atoms with Crippen LogP contribution in [0.5, 0.6) is 0 Å². The van der Waals surface area contributed by atoms with Crippen LogP contribution in [-0.2, 0) is 4.79 Å². The van der Waals surface area contributed by atoms with E-state index in [1.807, 2.05) is 25.3 Å². The largest absolute Gasteiger partial charge is 0.349 e. The van der Waals surface area contributed by atoms with Gasteiger partial charge in [-0.15, -0.1) is 11.3 Å². The number of nitrogens with one attached hydrogen (secondary N) is 1. The van der Waals surface area contributed by atoms with Crippen molar-refractivity contribution in [2.75, 3.05) is 5.75 Å². The number of carbonyl (C=O) groups is 1. The van der Waals surface area contributed by atoms with Crippen LogP contribution >= 0.6 is 46.3 Å². The molecular formula is C14H14Cl2N2OS2. The van der Waals surface area contributed by atoms with Gasteiger partial charge in [0.25, 0.3) is 0 Å². The Bertz CT molecular complexity index is 646. The number of rotatable bonds is 5. The summed E-state index contributed by atoms with van der Waals surface area (Å²) in [5.74, 6) is 0.286. The molecule has 1 amide bonds. The number of hydrogen-bond acceptors (Lipinski definition) is 4. The van der Waals surface area contributed by atoms with Crippen LogP contribution in [-0.4, -0.2) is 16.6 Å². The molecule has 0 bridgehead atoms. The lowest BCUT2D eigenvalue weighted by Gasteiger charge is -2.15. The van der Waals surface area contributed by atoms with Crippen molar-refractivity contribution in [1.29, 1.82) is 0 Å². The lowest BCUT2D eigenvalue weighted by molar-refractivity contribution is -0.119. The summed E-state index contributed by atoms with van der Waals surface area (Å²) in [6, 6.07) is 5.10. The van der Waals surface area contributed by atoms with E-state index in [1.54, 1.807) is 23.5 Å². The van der Waals surface area contributed by atoms with Gasteiger partial charge in [-0.2, -0.15) is 0 Å². The van der Waals surface area contributed by atoms with Gasteiger partial charge in [0.1, 0.15) is 0 Å². The minimum atomic E-state index is -0.166. The van der Waals surface area contributed by atoms with E-state index in [9.17, 15) is 4.79 Å². The van der Waals surface area contributed by atoms with Crippen molar-refractivity contribution in [3.05, 3.63) is 44.9 Å². The van der Waals surface area contributed by atoms with Crippen LogP contribution in [0.1, 0.15) is 24.2 Å². The quantitative estimate of drug-likeness (QED) is 0.783. The molecule has 1 aromatic carbocycles.